The van der Waals surface area contributed by atoms with Crippen LogP contribution >= 0.6 is 0 Å². The van der Waals surface area contributed by atoms with Gasteiger partial charge in [0.1, 0.15) is 17.1 Å². The van der Waals surface area contributed by atoms with Crippen LogP contribution in [0.4, 0.5) is 5.69 Å². The number of hydrogen-bond donors (Lipinski definition) is 1. The van der Waals surface area contributed by atoms with Gasteiger partial charge in [0, 0.05) is 19.8 Å². The van der Waals surface area contributed by atoms with Crippen LogP contribution in [0.1, 0.15) is 15.9 Å². The maximum atomic E-state index is 12.4. The summed E-state index contributed by atoms with van der Waals surface area (Å²) in [6.07, 6.45) is 0. The molecule has 0 fully saturated rings. The highest BCUT2D eigenvalue weighted by molar-refractivity contribution is 7.89. The van der Waals surface area contributed by atoms with Crippen molar-refractivity contribution in [3.05, 3.63) is 47.5 Å². The van der Waals surface area contributed by atoms with Gasteiger partial charge in [0.05, 0.1) is 19.1 Å². The van der Waals surface area contributed by atoms with Gasteiger partial charge in [0.15, 0.2) is 6.61 Å². The van der Waals surface area contributed by atoms with E-state index in [-0.39, 0.29) is 21.9 Å². The second kappa shape index (κ2) is 9.59. The summed E-state index contributed by atoms with van der Waals surface area (Å²) in [5.74, 6) is -0.678. The summed E-state index contributed by atoms with van der Waals surface area (Å²) in [5.41, 5.74) is 0.915. The summed E-state index contributed by atoms with van der Waals surface area (Å²) in [7, 11) is 2.03. The molecule has 9 nitrogen and oxygen atoms in total. The molecule has 0 aliphatic carbocycles. The average molecular weight is 436 g/mol. The number of benzene rings is 2. The van der Waals surface area contributed by atoms with E-state index < -0.39 is 28.5 Å². The number of esters is 1. The van der Waals surface area contributed by atoms with Gasteiger partial charge in [-0.3, -0.25) is 4.79 Å². The third-order valence-corrected chi connectivity index (χ3v) is 6.15. The number of sulfonamides is 1. The Morgan fingerprint density at radius 1 is 1.03 bits per heavy atom. The van der Waals surface area contributed by atoms with Crippen molar-refractivity contribution in [1.29, 1.82) is 0 Å². The first-order chi connectivity index (χ1) is 14.1. The average Bonchev–Trinajstić information content (AvgIpc) is 2.72. The Kier molecular flexibility index (Phi) is 7.41. The number of methoxy groups -OCH3 is 2. The SMILES string of the molecule is COc1ccc(OC)c(C(=O)OCC(=O)Nc2ccc(C)c(S(=O)(=O)N(C)C)c2)c1. The van der Waals surface area contributed by atoms with Gasteiger partial charge in [-0.2, -0.15) is 0 Å². The van der Waals surface area contributed by atoms with Crippen molar-refractivity contribution in [2.24, 2.45) is 0 Å². The summed E-state index contributed by atoms with van der Waals surface area (Å²) in [6, 6.07) is 9.12. The quantitative estimate of drug-likeness (QED) is 0.631. The highest BCUT2D eigenvalue weighted by Gasteiger charge is 2.21. The minimum atomic E-state index is -3.67. The molecule has 0 unspecified atom stereocenters. The molecule has 0 saturated carbocycles. The smallest absolute Gasteiger partial charge is 0.342 e. The molecule has 0 aromatic heterocycles. The number of carbonyl (C=O) groups is 2. The zero-order valence-corrected chi connectivity index (χ0v) is 18.2. The lowest BCUT2D eigenvalue weighted by molar-refractivity contribution is -0.119. The van der Waals surface area contributed by atoms with Crippen molar-refractivity contribution < 1.29 is 32.2 Å². The molecular formula is C20H24N2O7S. The van der Waals surface area contributed by atoms with Crippen molar-refractivity contribution in [2.45, 2.75) is 11.8 Å². The number of nitrogens with zero attached hydrogens (tertiary/aromatic N) is 1. The van der Waals surface area contributed by atoms with Crippen LogP contribution in [0.3, 0.4) is 0 Å². The number of carbonyl (C=O) groups excluding carboxylic acids is 2. The molecule has 30 heavy (non-hydrogen) atoms. The van der Waals surface area contributed by atoms with Crippen molar-refractivity contribution in [3.8, 4) is 11.5 Å². The zero-order valence-electron chi connectivity index (χ0n) is 17.4. The third-order valence-electron chi connectivity index (χ3n) is 4.19. The zero-order chi connectivity index (χ0) is 22.5. The molecule has 162 valence electrons. The van der Waals surface area contributed by atoms with Crippen LogP contribution in [-0.4, -0.2) is 59.5 Å². The van der Waals surface area contributed by atoms with Crippen molar-refractivity contribution in [3.63, 3.8) is 0 Å². The Labute approximate surface area is 175 Å². The lowest BCUT2D eigenvalue weighted by atomic mass is 10.2. The second-order valence-electron chi connectivity index (χ2n) is 6.46. The van der Waals surface area contributed by atoms with Gasteiger partial charge in [0.2, 0.25) is 10.0 Å². The minimum absolute atomic E-state index is 0.0726. The van der Waals surface area contributed by atoms with E-state index in [2.05, 4.69) is 5.32 Å². The van der Waals surface area contributed by atoms with Gasteiger partial charge in [-0.25, -0.2) is 17.5 Å². The van der Waals surface area contributed by atoms with Gasteiger partial charge >= 0.3 is 5.97 Å². The predicted molar refractivity (Wildman–Crippen MR) is 111 cm³/mol. The first-order valence-electron chi connectivity index (χ1n) is 8.82. The van der Waals surface area contributed by atoms with Gasteiger partial charge in [-0.05, 0) is 42.8 Å². The van der Waals surface area contributed by atoms with Crippen LogP contribution in [-0.2, 0) is 19.6 Å². The monoisotopic (exact) mass is 436 g/mol. The Morgan fingerprint density at radius 3 is 2.33 bits per heavy atom. The van der Waals surface area contributed by atoms with Gasteiger partial charge < -0.3 is 19.5 Å². The fourth-order valence-corrected chi connectivity index (χ4v) is 3.68. The van der Waals surface area contributed by atoms with Crippen LogP contribution in [0.25, 0.3) is 0 Å². The Bertz CT molecular complexity index is 1050. The molecule has 0 bridgehead atoms. The molecule has 10 heteroatoms. The maximum absolute atomic E-state index is 12.4. The van der Waals surface area contributed by atoms with Crippen LogP contribution in [0.5, 0.6) is 11.5 Å². The fraction of sp³-hybridized carbons (Fsp3) is 0.300. The van der Waals surface area contributed by atoms with Crippen LogP contribution in [0.15, 0.2) is 41.3 Å². The summed E-state index contributed by atoms with van der Waals surface area (Å²) < 4.78 is 41.1. The molecule has 0 radical (unpaired) electrons. The van der Waals surface area contributed by atoms with Gasteiger partial charge in [0.25, 0.3) is 5.91 Å². The number of ether oxygens (including phenoxy) is 3. The van der Waals surface area contributed by atoms with E-state index in [1.165, 1.54) is 40.4 Å². The lowest BCUT2D eigenvalue weighted by Crippen LogP contribution is -2.24. The largest absolute Gasteiger partial charge is 0.497 e. The van der Waals surface area contributed by atoms with E-state index in [4.69, 9.17) is 14.2 Å². The lowest BCUT2D eigenvalue weighted by Gasteiger charge is -2.15. The van der Waals surface area contributed by atoms with E-state index in [1.807, 2.05) is 0 Å². The molecule has 0 aliphatic heterocycles. The number of rotatable bonds is 8. The van der Waals surface area contributed by atoms with Crippen LogP contribution in [0.2, 0.25) is 0 Å². The fourth-order valence-electron chi connectivity index (χ4n) is 2.53. The van der Waals surface area contributed by atoms with Gasteiger partial charge in [-0.15, -0.1) is 0 Å². The van der Waals surface area contributed by atoms with Gasteiger partial charge in [-0.1, -0.05) is 6.07 Å². The summed E-state index contributed by atoms with van der Waals surface area (Å²) in [5, 5.41) is 2.52. The Balaban J connectivity index is 2.10. The molecule has 0 heterocycles. The number of nitrogens with one attached hydrogen (secondary N) is 1. The molecular weight excluding hydrogens is 412 g/mol. The second-order valence-corrected chi connectivity index (χ2v) is 8.58. The number of hydrogen-bond acceptors (Lipinski definition) is 7. The third kappa shape index (κ3) is 5.28. The Hall–Kier alpha value is -3.11. The molecule has 2 rings (SSSR count). The molecule has 0 saturated heterocycles. The highest BCUT2D eigenvalue weighted by Crippen LogP contribution is 2.25. The van der Waals surface area contributed by atoms with E-state index in [1.54, 1.807) is 31.2 Å². The molecule has 1 amide bonds. The molecule has 0 spiro atoms. The molecule has 0 atom stereocenters. The first-order valence-corrected chi connectivity index (χ1v) is 10.3. The normalized spacial score (nSPS) is 11.1. The highest BCUT2D eigenvalue weighted by atomic mass is 32.2. The van der Waals surface area contributed by atoms with E-state index in [0.717, 1.165) is 4.31 Å². The van der Waals surface area contributed by atoms with E-state index in [0.29, 0.717) is 11.3 Å². The van der Waals surface area contributed by atoms with E-state index >= 15 is 0 Å². The van der Waals surface area contributed by atoms with Crippen LogP contribution in [0, 0.1) is 6.92 Å². The molecule has 1 N–H and O–H groups in total. The number of amides is 1. The van der Waals surface area contributed by atoms with Crippen molar-refractivity contribution >= 4 is 27.6 Å². The minimum Gasteiger partial charge on any atom is -0.497 e. The maximum Gasteiger partial charge on any atom is 0.342 e. The number of aryl methyl sites for hydroxylation is 1. The summed E-state index contributed by atoms with van der Waals surface area (Å²) >= 11 is 0. The Morgan fingerprint density at radius 2 is 1.73 bits per heavy atom. The van der Waals surface area contributed by atoms with Crippen molar-refractivity contribution in [2.75, 3.05) is 40.2 Å². The predicted octanol–water partition coefficient (Wildman–Crippen LogP) is 2.06. The van der Waals surface area contributed by atoms with E-state index in [9.17, 15) is 18.0 Å². The van der Waals surface area contributed by atoms with Crippen LogP contribution < -0.4 is 14.8 Å². The van der Waals surface area contributed by atoms with Crippen molar-refractivity contribution in [1.82, 2.24) is 4.31 Å². The topological polar surface area (TPSA) is 111 Å². The number of anilines is 1. The summed E-state index contributed by atoms with van der Waals surface area (Å²) in [4.78, 5) is 24.6. The molecule has 2 aromatic carbocycles. The standard InChI is InChI=1S/C20H24N2O7S/c1-13-6-7-14(10-18(13)30(25,26)22(2)3)21-19(23)12-29-20(24)16-11-15(27-4)8-9-17(16)28-5/h6-11H,12H2,1-5H3,(H,21,23). The molecule has 2 aromatic rings. The first kappa shape index (κ1) is 23.2. The summed E-state index contributed by atoms with van der Waals surface area (Å²) in [6.45, 7) is 1.09. The molecule has 0 aliphatic rings.